The fraction of sp³-hybridized carbons (Fsp3) is 0.403. The molecule has 456 valence electrons. The second kappa shape index (κ2) is 26.4. The van der Waals surface area contributed by atoms with Gasteiger partial charge in [0, 0.05) is 72.2 Å². The zero-order chi connectivity index (χ0) is 61.7. The van der Waals surface area contributed by atoms with Crippen molar-refractivity contribution in [3.05, 3.63) is 141 Å². The number of primary amides is 1. The van der Waals surface area contributed by atoms with Crippen molar-refractivity contribution in [1.82, 2.24) is 40.9 Å². The number of hydrogen-bond acceptors (Lipinski definition) is 12. The van der Waals surface area contributed by atoms with E-state index in [-0.39, 0.29) is 86.1 Å². The van der Waals surface area contributed by atoms with E-state index in [0.29, 0.717) is 61.1 Å². The van der Waals surface area contributed by atoms with Crippen molar-refractivity contribution in [3.63, 3.8) is 0 Å². The van der Waals surface area contributed by atoms with Crippen molar-refractivity contribution in [2.45, 2.75) is 119 Å². The summed E-state index contributed by atoms with van der Waals surface area (Å²) in [7, 11) is -5.92. The minimum atomic E-state index is -5.92. The number of thiophene rings is 1. The molecule has 0 bridgehead atoms. The molecule has 5 aliphatic heterocycles. The first-order valence-corrected chi connectivity index (χ1v) is 31.4. The van der Waals surface area contributed by atoms with E-state index in [1.165, 1.54) is 21.9 Å². The number of benzene rings is 4. The minimum Gasteiger partial charge on any atom is -0.370 e. The van der Waals surface area contributed by atoms with E-state index in [1.54, 1.807) is 17.0 Å². The fourth-order valence-electron chi connectivity index (χ4n) is 12.3. The van der Waals surface area contributed by atoms with Gasteiger partial charge >= 0.3 is 13.3 Å². The Bertz CT molecular complexity index is 3580. The lowest BCUT2D eigenvalue weighted by molar-refractivity contribution is -0.147. The van der Waals surface area contributed by atoms with Crippen LogP contribution in [0.1, 0.15) is 125 Å². The van der Waals surface area contributed by atoms with Gasteiger partial charge in [0.2, 0.25) is 41.4 Å². The lowest BCUT2D eigenvalue weighted by Crippen LogP contribution is -2.62. The van der Waals surface area contributed by atoms with Gasteiger partial charge in [0.15, 0.2) is 0 Å². The number of fused-ring (bicyclic) bond motifs is 3. The Balaban J connectivity index is 0.818. The highest BCUT2D eigenvalue weighted by Gasteiger charge is 2.51. The van der Waals surface area contributed by atoms with E-state index in [0.717, 1.165) is 46.6 Å². The number of carbonyl (C=O) groups is 9. The molecule has 87 heavy (non-hydrogen) atoms. The molecule has 10 rings (SSSR count). The maximum Gasteiger partial charge on any atom is 0.399 e. The highest BCUT2D eigenvalue weighted by Crippen LogP contribution is 2.59. The number of piperidine rings is 2. The van der Waals surface area contributed by atoms with E-state index >= 15 is 4.79 Å². The van der Waals surface area contributed by atoms with Crippen molar-refractivity contribution in [1.29, 1.82) is 0 Å². The van der Waals surface area contributed by atoms with Crippen LogP contribution in [-0.4, -0.2) is 145 Å². The van der Waals surface area contributed by atoms with Crippen molar-refractivity contribution in [3.8, 4) is 11.8 Å². The van der Waals surface area contributed by atoms with Gasteiger partial charge in [0.25, 0.3) is 11.8 Å². The van der Waals surface area contributed by atoms with Crippen molar-refractivity contribution in [2.24, 2.45) is 11.7 Å². The number of nitrogens with one attached hydrogen (secondary N) is 4. The first-order valence-electron chi connectivity index (χ1n) is 29.0. The number of amides is 9. The SMILES string of the molecule is NC(=O)CCC(NC(=O)[C@@H]1CC[C@@H]2CCN(C(=O)C3CCN(CCCC#Cc4cccc5c4CN(C4CCC(=O)NC4=O)C5=O)CC3)C[C@H](NC(=O)c3cc4cc(C(F)(F)P(=O)(O)O)ccc4s3)C(=O)N21)C(=O)NC(c1ccccc1)c1ccccc1. The molecule has 4 saturated heterocycles. The fourth-order valence-corrected chi connectivity index (χ4v) is 13.7. The Kier molecular flexibility index (Phi) is 18.8. The van der Waals surface area contributed by atoms with Gasteiger partial charge in [-0.2, -0.15) is 8.78 Å². The number of halogens is 2. The number of imide groups is 1. The first-order chi connectivity index (χ1) is 41.6. The average molecular weight is 1230 g/mol. The summed E-state index contributed by atoms with van der Waals surface area (Å²) in [4.78, 5) is 148. The van der Waals surface area contributed by atoms with E-state index in [9.17, 15) is 61.5 Å². The summed E-state index contributed by atoms with van der Waals surface area (Å²) in [6, 6.07) is 22.0. The van der Waals surface area contributed by atoms with Crippen LogP contribution >= 0.6 is 18.9 Å². The number of likely N-dealkylation sites (tertiary alicyclic amines) is 1. The molecular weight excluding hydrogens is 1160 g/mol. The summed E-state index contributed by atoms with van der Waals surface area (Å²) in [6.45, 7) is 1.98. The van der Waals surface area contributed by atoms with Crippen LogP contribution in [0.2, 0.25) is 0 Å². The van der Waals surface area contributed by atoms with Gasteiger partial charge in [-0.15, -0.1) is 11.3 Å². The summed E-state index contributed by atoms with van der Waals surface area (Å²) in [5, 5.41) is 11.0. The number of nitrogens with two attached hydrogens (primary N) is 1. The van der Waals surface area contributed by atoms with Crippen LogP contribution in [0.25, 0.3) is 10.1 Å². The van der Waals surface area contributed by atoms with E-state index in [1.807, 2.05) is 66.7 Å². The van der Waals surface area contributed by atoms with Gasteiger partial charge in [-0.1, -0.05) is 84.6 Å². The predicted molar refractivity (Wildman–Crippen MR) is 315 cm³/mol. The van der Waals surface area contributed by atoms with Crippen LogP contribution in [0.15, 0.2) is 103 Å². The highest BCUT2D eigenvalue weighted by atomic mass is 32.1. The molecule has 21 nitrogen and oxygen atoms in total. The topological polar surface area (TPSA) is 298 Å². The highest BCUT2D eigenvalue weighted by molar-refractivity contribution is 7.52. The predicted octanol–water partition coefficient (Wildman–Crippen LogP) is 4.78. The first kappa shape index (κ1) is 61.9. The van der Waals surface area contributed by atoms with E-state index < -0.39 is 96.4 Å². The number of nitrogens with zero attached hydrogens (tertiary/aromatic N) is 4. The van der Waals surface area contributed by atoms with Crippen molar-refractivity contribution >= 4 is 82.2 Å². The van der Waals surface area contributed by atoms with Gasteiger partial charge in [-0.25, -0.2) is 0 Å². The van der Waals surface area contributed by atoms with Crippen molar-refractivity contribution < 1.29 is 66.3 Å². The Labute approximate surface area is 503 Å². The van der Waals surface area contributed by atoms with Crippen LogP contribution < -0.4 is 27.0 Å². The molecule has 25 heteroatoms. The zero-order valence-corrected chi connectivity index (χ0v) is 49.0. The largest absolute Gasteiger partial charge is 0.399 e. The molecule has 2 unspecified atom stereocenters. The third-order valence-corrected chi connectivity index (χ3v) is 19.1. The molecule has 4 aromatic carbocycles. The van der Waals surface area contributed by atoms with Crippen LogP contribution in [0.5, 0.6) is 0 Å². The molecule has 5 aliphatic rings. The third-order valence-electron chi connectivity index (χ3n) is 16.9. The Morgan fingerprint density at radius 2 is 1.55 bits per heavy atom. The lowest BCUT2D eigenvalue weighted by Gasteiger charge is -2.40. The number of carbonyl (C=O) groups excluding carboxylic acids is 9. The monoisotopic (exact) mass is 1230 g/mol. The second-order valence-electron chi connectivity index (χ2n) is 22.6. The maximum absolute atomic E-state index is 15.2. The summed E-state index contributed by atoms with van der Waals surface area (Å²) in [5.74, 6) is 1.18. The maximum atomic E-state index is 15.2. The zero-order valence-electron chi connectivity index (χ0n) is 47.3. The Morgan fingerprint density at radius 1 is 0.839 bits per heavy atom. The van der Waals surface area contributed by atoms with Crippen LogP contribution in [0, 0.1) is 17.8 Å². The quantitative estimate of drug-likeness (QED) is 0.0269. The van der Waals surface area contributed by atoms with Gasteiger partial charge in [-0.3, -0.25) is 53.0 Å². The van der Waals surface area contributed by atoms with Crippen molar-refractivity contribution in [2.75, 3.05) is 32.7 Å². The second-order valence-corrected chi connectivity index (χ2v) is 25.4. The molecular formula is C62H66F2N9O12PS. The molecule has 9 amide bonds. The molecule has 1 aromatic heterocycles. The molecule has 0 aliphatic carbocycles. The van der Waals surface area contributed by atoms with Gasteiger partial charge < -0.3 is 51.1 Å². The molecule has 0 spiro atoms. The number of unbranched alkanes of at least 4 members (excludes halogenated alkanes) is 1. The van der Waals surface area contributed by atoms with Crippen LogP contribution in [0.3, 0.4) is 0 Å². The minimum absolute atomic E-state index is 0.0361. The summed E-state index contributed by atoms with van der Waals surface area (Å²) in [6.07, 6.45) is 3.02. The summed E-state index contributed by atoms with van der Waals surface area (Å²) < 4.78 is 41.7. The lowest BCUT2D eigenvalue weighted by atomic mass is 9.94. The van der Waals surface area contributed by atoms with Gasteiger partial charge in [0.1, 0.15) is 24.2 Å². The van der Waals surface area contributed by atoms with Gasteiger partial charge in [-0.05, 0) is 123 Å². The molecule has 0 saturated carbocycles. The van der Waals surface area contributed by atoms with Gasteiger partial charge in [0.05, 0.1) is 10.9 Å². The standard InChI is InChI=1S/C62H66F2N9O12PS/c63-62(64,86(83,84)85)42-18-23-50-41(33-42)34-51(87-50)58(79)67-47-36-71(59(80)40-26-30-70(31-27-40)29-9-3-8-11-37-16-10-17-44-45(37)35-72(60(44)81)48-22-25-53(75)68-56(48)77)32-28-43-19-21-49(73(43)61(47)82)57(78)66-46(20-24-52(65)74)55(76)69-54(38-12-4-1-5-13-38)39-14-6-2-7-15-39/h1-2,4-7,10,12-18,23,33-34,40,43,46-49,54H,3,9,19-22,24-32,35-36H2,(H2,65,74)(H,66,78)(H,67,79)(H,69,76)(H,68,75,77)(H2,83,84,85)/t43-,46?,47+,48?,49+/m1/s1. The number of hydrogen-bond donors (Lipinski definition) is 7. The Morgan fingerprint density at radius 3 is 2.23 bits per heavy atom. The molecule has 5 atom stereocenters. The smallest absolute Gasteiger partial charge is 0.370 e. The summed E-state index contributed by atoms with van der Waals surface area (Å²) >= 11 is 0.884. The molecule has 6 heterocycles. The summed E-state index contributed by atoms with van der Waals surface area (Å²) in [5.41, 5.74) is 3.50. The molecule has 8 N–H and O–H groups in total. The molecule has 4 fully saturated rings. The third kappa shape index (κ3) is 13.8. The van der Waals surface area contributed by atoms with E-state index in [4.69, 9.17) is 5.73 Å². The van der Waals surface area contributed by atoms with E-state index in [2.05, 4.69) is 38.0 Å². The Hall–Kier alpha value is -8.20. The molecule has 5 aromatic rings. The average Bonchev–Trinajstić information content (AvgIpc) is 2.59. The normalized spacial score (nSPS) is 20.6. The van der Waals surface area contributed by atoms with Crippen LogP contribution in [0.4, 0.5) is 8.78 Å². The molecule has 0 radical (unpaired) electrons. The number of alkyl halides is 2. The number of rotatable bonds is 18. The van der Waals surface area contributed by atoms with Crippen LogP contribution in [-0.2, 0) is 50.3 Å².